The van der Waals surface area contributed by atoms with Crippen LogP contribution in [0.2, 0.25) is 0 Å². The van der Waals surface area contributed by atoms with Crippen LogP contribution in [0.3, 0.4) is 0 Å². The standard InChI is InChI=1S/C24H34O5S.K/c1-2-3-4-5-6-7-8-9-10-11-14-20-15-12-13-16-23(20)29-21-17-18-22(25)24(19-21)30(26,27)28;/h12-13,15-19,25H,2-11,14H2,1H3,(H,26,27,28);/q;+1/p-1. The Labute approximate surface area is 229 Å². The van der Waals surface area contributed by atoms with Crippen molar-refractivity contribution < 1.29 is 74.2 Å². The van der Waals surface area contributed by atoms with Crippen molar-refractivity contribution in [3.05, 3.63) is 48.0 Å². The molecule has 31 heavy (non-hydrogen) atoms. The van der Waals surface area contributed by atoms with Crippen molar-refractivity contribution >= 4 is 10.1 Å². The van der Waals surface area contributed by atoms with Crippen molar-refractivity contribution in [2.45, 2.75) is 82.4 Å². The molecule has 0 aliphatic carbocycles. The smallest absolute Gasteiger partial charge is 0.872 e. The fourth-order valence-electron chi connectivity index (χ4n) is 3.49. The van der Waals surface area contributed by atoms with E-state index in [1.165, 1.54) is 63.9 Å². The zero-order valence-electron chi connectivity index (χ0n) is 18.8. The van der Waals surface area contributed by atoms with Crippen LogP contribution >= 0.6 is 0 Å². The predicted molar refractivity (Wildman–Crippen MR) is 118 cm³/mol. The molecule has 5 nitrogen and oxygen atoms in total. The van der Waals surface area contributed by atoms with Crippen LogP contribution < -0.4 is 61.2 Å². The molecule has 0 spiro atoms. The minimum absolute atomic E-state index is 0. The van der Waals surface area contributed by atoms with Gasteiger partial charge in [-0.1, -0.05) is 94.7 Å². The number of unbranched alkanes of at least 4 members (excludes halogenated alkanes) is 9. The van der Waals surface area contributed by atoms with Crippen LogP contribution in [0.15, 0.2) is 47.4 Å². The Hall–Kier alpha value is -0.414. The molecule has 0 aliphatic rings. The van der Waals surface area contributed by atoms with Gasteiger partial charge < -0.3 is 9.84 Å². The van der Waals surface area contributed by atoms with Crippen LogP contribution in [0, 0.1) is 0 Å². The SMILES string of the molecule is CCCCCCCCCCCCc1ccccc1Oc1ccc([O-])c(S(=O)(=O)O)c1.[K+]. The molecule has 0 unspecified atom stereocenters. The van der Waals surface area contributed by atoms with Crippen molar-refractivity contribution in [1.29, 1.82) is 0 Å². The van der Waals surface area contributed by atoms with Crippen LogP contribution in [0.5, 0.6) is 17.2 Å². The first kappa shape index (κ1) is 28.6. The summed E-state index contributed by atoms with van der Waals surface area (Å²) < 4.78 is 37.7. The minimum atomic E-state index is -4.58. The van der Waals surface area contributed by atoms with Gasteiger partial charge in [0.15, 0.2) is 0 Å². The molecule has 0 bridgehead atoms. The molecule has 0 atom stereocenters. The van der Waals surface area contributed by atoms with Crippen molar-refractivity contribution in [3.8, 4) is 17.2 Å². The molecule has 0 amide bonds. The monoisotopic (exact) mass is 472 g/mol. The maximum atomic E-state index is 11.7. The molecule has 7 heteroatoms. The van der Waals surface area contributed by atoms with Gasteiger partial charge in [0.05, 0.1) is 4.90 Å². The van der Waals surface area contributed by atoms with Gasteiger partial charge in [0.1, 0.15) is 11.5 Å². The second kappa shape index (κ2) is 15.4. The molecular weight excluding hydrogens is 439 g/mol. The molecule has 0 fully saturated rings. The summed E-state index contributed by atoms with van der Waals surface area (Å²) in [7, 11) is -4.58. The molecule has 1 N–H and O–H groups in total. The summed E-state index contributed by atoms with van der Waals surface area (Å²) in [6.45, 7) is 2.24. The van der Waals surface area contributed by atoms with Crippen molar-refractivity contribution in [1.82, 2.24) is 0 Å². The van der Waals surface area contributed by atoms with Crippen LogP contribution in [0.1, 0.15) is 76.7 Å². The van der Waals surface area contributed by atoms with E-state index >= 15 is 0 Å². The van der Waals surface area contributed by atoms with Crippen molar-refractivity contribution in [3.63, 3.8) is 0 Å². The molecule has 0 aromatic heterocycles. The third-order valence-electron chi connectivity index (χ3n) is 5.19. The Balaban J connectivity index is 0.00000480. The summed E-state index contributed by atoms with van der Waals surface area (Å²) in [4.78, 5) is -0.674. The van der Waals surface area contributed by atoms with E-state index in [0.29, 0.717) is 5.75 Å². The largest absolute Gasteiger partial charge is 1.00 e. The van der Waals surface area contributed by atoms with E-state index in [-0.39, 0.29) is 57.1 Å². The summed E-state index contributed by atoms with van der Waals surface area (Å²) in [5, 5.41) is 11.7. The Morgan fingerprint density at radius 3 is 2.06 bits per heavy atom. The van der Waals surface area contributed by atoms with E-state index in [2.05, 4.69) is 6.92 Å². The Morgan fingerprint density at radius 1 is 0.871 bits per heavy atom. The molecule has 2 aromatic carbocycles. The minimum Gasteiger partial charge on any atom is -0.872 e. The first-order valence-corrected chi connectivity index (χ1v) is 12.4. The van der Waals surface area contributed by atoms with E-state index in [9.17, 15) is 18.1 Å². The quantitative estimate of drug-likeness (QED) is 0.259. The van der Waals surface area contributed by atoms with Crippen molar-refractivity contribution in [2.24, 2.45) is 0 Å². The fraction of sp³-hybridized carbons (Fsp3) is 0.500. The number of hydrogen-bond acceptors (Lipinski definition) is 4. The molecule has 0 radical (unpaired) electrons. The zero-order valence-corrected chi connectivity index (χ0v) is 22.7. The third-order valence-corrected chi connectivity index (χ3v) is 6.07. The molecule has 166 valence electrons. The normalized spacial score (nSPS) is 11.2. The molecule has 0 heterocycles. The van der Waals surface area contributed by atoms with Gasteiger partial charge in [0.2, 0.25) is 0 Å². The second-order valence-electron chi connectivity index (χ2n) is 7.73. The van der Waals surface area contributed by atoms with Gasteiger partial charge in [-0.25, -0.2) is 0 Å². The molecular formula is C24H33KO5S. The van der Waals surface area contributed by atoms with Gasteiger partial charge in [0.25, 0.3) is 10.1 Å². The molecule has 0 saturated carbocycles. The maximum Gasteiger partial charge on any atom is 1.00 e. The Bertz CT molecular complexity index is 883. The first-order chi connectivity index (χ1) is 14.4. The third kappa shape index (κ3) is 10.8. The molecule has 2 aromatic rings. The molecule has 2 rings (SSSR count). The van der Waals surface area contributed by atoms with E-state index in [0.717, 1.165) is 30.5 Å². The van der Waals surface area contributed by atoms with E-state index in [4.69, 9.17) is 4.74 Å². The number of ether oxygens (including phenoxy) is 1. The van der Waals surface area contributed by atoms with Crippen LogP contribution in [-0.2, 0) is 16.5 Å². The predicted octanol–water partition coefficient (Wildman–Crippen LogP) is 3.27. The van der Waals surface area contributed by atoms with Gasteiger partial charge in [-0.05, 0) is 30.5 Å². The summed E-state index contributed by atoms with van der Waals surface area (Å²) in [5.74, 6) is 0.0783. The zero-order chi connectivity index (χ0) is 21.8. The fourth-order valence-corrected chi connectivity index (χ4v) is 4.08. The van der Waals surface area contributed by atoms with Gasteiger partial charge in [-0.2, -0.15) is 8.42 Å². The maximum absolute atomic E-state index is 11.7. The summed E-state index contributed by atoms with van der Waals surface area (Å²) in [6, 6.07) is 11.2. The number of rotatable bonds is 14. The number of aryl methyl sites for hydroxylation is 1. The molecule has 0 saturated heterocycles. The first-order valence-electron chi connectivity index (χ1n) is 11.0. The Kier molecular flexibility index (Phi) is 14.2. The average Bonchev–Trinajstić information content (AvgIpc) is 2.71. The van der Waals surface area contributed by atoms with Crippen LogP contribution in [-0.4, -0.2) is 13.0 Å². The Morgan fingerprint density at radius 2 is 1.45 bits per heavy atom. The summed E-state index contributed by atoms with van der Waals surface area (Å²) in [5.41, 5.74) is 1.04. The van der Waals surface area contributed by atoms with E-state index in [1.807, 2.05) is 24.3 Å². The van der Waals surface area contributed by atoms with Crippen molar-refractivity contribution in [2.75, 3.05) is 0 Å². The topological polar surface area (TPSA) is 86.7 Å². The molecule has 0 aliphatic heterocycles. The second-order valence-corrected chi connectivity index (χ2v) is 9.12. The van der Waals surface area contributed by atoms with Crippen LogP contribution in [0.4, 0.5) is 0 Å². The number of para-hydroxylation sites is 1. The number of hydrogen-bond donors (Lipinski definition) is 1. The summed E-state index contributed by atoms with van der Waals surface area (Å²) in [6.07, 6.45) is 13.6. The van der Waals surface area contributed by atoms with Gasteiger partial charge in [-0.15, -0.1) is 0 Å². The van der Waals surface area contributed by atoms with E-state index in [1.54, 1.807) is 0 Å². The van der Waals surface area contributed by atoms with E-state index < -0.39 is 20.8 Å². The van der Waals surface area contributed by atoms with Gasteiger partial charge >= 0.3 is 51.4 Å². The van der Waals surface area contributed by atoms with Gasteiger partial charge in [0, 0.05) is 6.07 Å². The number of benzene rings is 2. The average molecular weight is 473 g/mol. The van der Waals surface area contributed by atoms with Gasteiger partial charge in [-0.3, -0.25) is 4.55 Å². The van der Waals surface area contributed by atoms with Crippen LogP contribution in [0.25, 0.3) is 0 Å². The summed E-state index contributed by atoms with van der Waals surface area (Å²) >= 11 is 0.